The van der Waals surface area contributed by atoms with Gasteiger partial charge in [0.1, 0.15) is 6.04 Å². The third kappa shape index (κ3) is 6.01. The first-order chi connectivity index (χ1) is 11.2. The summed E-state index contributed by atoms with van der Waals surface area (Å²) < 4.78 is 0. The Morgan fingerprint density at radius 2 is 1.88 bits per heavy atom. The van der Waals surface area contributed by atoms with E-state index < -0.39 is 34.8 Å². The second kappa shape index (κ2) is 8.58. The van der Waals surface area contributed by atoms with Crippen molar-refractivity contribution in [2.45, 2.75) is 32.0 Å². The number of nitro benzene ring substituents is 1. The van der Waals surface area contributed by atoms with Crippen LogP contribution in [0.3, 0.4) is 0 Å². The molecule has 24 heavy (non-hydrogen) atoms. The Morgan fingerprint density at radius 1 is 1.29 bits per heavy atom. The Hall–Kier alpha value is -3.01. The zero-order valence-electron chi connectivity index (χ0n) is 12.9. The molecule has 0 aromatic heterocycles. The molecule has 5 N–H and O–H groups in total. The smallest absolute Gasteiger partial charge is 0.325 e. The van der Waals surface area contributed by atoms with E-state index in [1.165, 1.54) is 31.2 Å². The number of non-ortho nitro benzene ring substituents is 1. The molecule has 0 saturated heterocycles. The van der Waals surface area contributed by atoms with E-state index in [1.807, 2.05) is 0 Å². The van der Waals surface area contributed by atoms with Crippen molar-refractivity contribution in [1.29, 1.82) is 0 Å². The van der Waals surface area contributed by atoms with Gasteiger partial charge >= 0.3 is 5.97 Å². The molecule has 0 spiro atoms. The first kappa shape index (κ1) is 19.0. The molecule has 0 bridgehead atoms. The molecule has 2 atom stereocenters. The molecule has 1 aromatic carbocycles. The molecule has 0 saturated carbocycles. The van der Waals surface area contributed by atoms with Gasteiger partial charge in [-0.05, 0) is 12.5 Å². The van der Waals surface area contributed by atoms with Gasteiger partial charge in [0.05, 0.1) is 17.4 Å². The Labute approximate surface area is 137 Å². The number of hydrogen-bond acceptors (Lipinski definition) is 6. The molecule has 2 amide bonds. The van der Waals surface area contributed by atoms with Crippen molar-refractivity contribution in [2.75, 3.05) is 0 Å². The van der Waals surface area contributed by atoms with Crippen molar-refractivity contribution in [3.8, 4) is 0 Å². The molecule has 0 heterocycles. The van der Waals surface area contributed by atoms with E-state index in [-0.39, 0.29) is 18.7 Å². The Balaban J connectivity index is 2.43. The van der Waals surface area contributed by atoms with E-state index in [2.05, 4.69) is 10.6 Å². The van der Waals surface area contributed by atoms with E-state index >= 15 is 0 Å². The van der Waals surface area contributed by atoms with Gasteiger partial charge in [0, 0.05) is 18.7 Å². The molecule has 1 rings (SSSR count). The topological polar surface area (TPSA) is 165 Å². The number of hydrogen-bond donors (Lipinski definition) is 4. The Kier molecular flexibility index (Phi) is 6.80. The fraction of sp³-hybridized carbons (Fsp3) is 0.357. The molecule has 1 aromatic rings. The maximum Gasteiger partial charge on any atom is 0.325 e. The van der Waals surface area contributed by atoms with Crippen LogP contribution in [0.25, 0.3) is 0 Å². The summed E-state index contributed by atoms with van der Waals surface area (Å²) in [7, 11) is 0. The summed E-state index contributed by atoms with van der Waals surface area (Å²) in [5.74, 6) is -2.45. The Morgan fingerprint density at radius 3 is 2.38 bits per heavy atom. The predicted molar refractivity (Wildman–Crippen MR) is 82.8 cm³/mol. The number of carbonyl (C=O) groups excluding carboxylic acids is 2. The quantitative estimate of drug-likeness (QED) is 0.367. The number of carboxylic acid groups (broad SMARTS) is 1. The van der Waals surface area contributed by atoms with Crippen LogP contribution in [0, 0.1) is 10.1 Å². The summed E-state index contributed by atoms with van der Waals surface area (Å²) >= 11 is 0. The van der Waals surface area contributed by atoms with E-state index in [1.54, 1.807) is 0 Å². The summed E-state index contributed by atoms with van der Waals surface area (Å²) in [6.07, 6.45) is -0.314. The fourth-order valence-electron chi connectivity index (χ4n) is 1.68. The zero-order valence-corrected chi connectivity index (χ0v) is 12.9. The maximum atomic E-state index is 11.7. The van der Waals surface area contributed by atoms with Crippen LogP contribution >= 0.6 is 0 Å². The average molecular weight is 338 g/mol. The van der Waals surface area contributed by atoms with Crippen molar-refractivity contribution in [3.05, 3.63) is 39.9 Å². The highest BCUT2D eigenvalue weighted by Gasteiger charge is 2.21. The average Bonchev–Trinajstić information content (AvgIpc) is 2.52. The van der Waals surface area contributed by atoms with Gasteiger partial charge in [0.25, 0.3) is 5.69 Å². The predicted octanol–water partition coefficient (Wildman–Crippen LogP) is -0.482. The van der Waals surface area contributed by atoms with Crippen molar-refractivity contribution < 1.29 is 24.4 Å². The highest BCUT2D eigenvalue weighted by atomic mass is 16.6. The number of aliphatic carboxylic acids is 1. The number of benzene rings is 1. The molecular formula is C14H18N4O6. The van der Waals surface area contributed by atoms with Gasteiger partial charge in [-0.25, -0.2) is 0 Å². The van der Waals surface area contributed by atoms with Gasteiger partial charge < -0.3 is 21.5 Å². The van der Waals surface area contributed by atoms with Crippen LogP contribution in [0.1, 0.15) is 18.9 Å². The largest absolute Gasteiger partial charge is 0.480 e. The lowest BCUT2D eigenvalue weighted by Gasteiger charge is -2.14. The minimum Gasteiger partial charge on any atom is -0.480 e. The number of carboxylic acids is 1. The molecule has 0 aliphatic rings. The first-order valence-electron chi connectivity index (χ1n) is 6.99. The molecule has 0 aliphatic heterocycles. The van der Waals surface area contributed by atoms with Gasteiger partial charge in [-0.1, -0.05) is 12.1 Å². The van der Waals surface area contributed by atoms with E-state index in [9.17, 15) is 24.5 Å². The van der Waals surface area contributed by atoms with Crippen LogP contribution in [0.4, 0.5) is 5.69 Å². The molecule has 10 heteroatoms. The normalized spacial score (nSPS) is 12.8. The number of nitro groups is 1. The lowest BCUT2D eigenvalue weighted by atomic mass is 10.1. The lowest BCUT2D eigenvalue weighted by molar-refractivity contribution is -0.384. The molecule has 0 fully saturated rings. The number of nitrogens with zero attached hydrogens (tertiary/aromatic N) is 1. The van der Waals surface area contributed by atoms with Crippen molar-refractivity contribution in [1.82, 2.24) is 10.6 Å². The fourth-order valence-corrected chi connectivity index (χ4v) is 1.68. The number of rotatable bonds is 8. The second-order valence-electron chi connectivity index (χ2n) is 5.08. The van der Waals surface area contributed by atoms with E-state index in [0.717, 1.165) is 0 Å². The SMILES string of the molecule is CC(NC(=O)[C@H](N)CC(=O)NCc1ccc([N+](=O)[O-])cc1)C(=O)O. The number of nitrogens with two attached hydrogens (primary N) is 1. The first-order valence-corrected chi connectivity index (χ1v) is 6.99. The monoisotopic (exact) mass is 338 g/mol. The van der Waals surface area contributed by atoms with Gasteiger partial charge in [0.2, 0.25) is 11.8 Å². The molecule has 1 unspecified atom stereocenters. The van der Waals surface area contributed by atoms with E-state index in [4.69, 9.17) is 10.8 Å². The molecule has 10 nitrogen and oxygen atoms in total. The summed E-state index contributed by atoms with van der Waals surface area (Å²) in [6, 6.07) is 3.34. The number of nitrogens with one attached hydrogen (secondary N) is 2. The van der Waals surface area contributed by atoms with Crippen molar-refractivity contribution >= 4 is 23.5 Å². The van der Waals surface area contributed by atoms with Gasteiger partial charge in [0.15, 0.2) is 0 Å². The van der Waals surface area contributed by atoms with Gasteiger partial charge in [-0.2, -0.15) is 0 Å². The third-order valence-electron chi connectivity index (χ3n) is 3.11. The minimum atomic E-state index is -1.21. The minimum absolute atomic E-state index is 0.0590. The molecule has 130 valence electrons. The highest BCUT2D eigenvalue weighted by Crippen LogP contribution is 2.11. The number of carbonyl (C=O) groups is 3. The van der Waals surface area contributed by atoms with Crippen LogP contribution in [0.2, 0.25) is 0 Å². The van der Waals surface area contributed by atoms with Crippen LogP contribution in [-0.2, 0) is 20.9 Å². The summed E-state index contributed by atoms with van der Waals surface area (Å²) in [6.45, 7) is 1.40. The van der Waals surface area contributed by atoms with Gasteiger partial charge in [-0.3, -0.25) is 24.5 Å². The van der Waals surface area contributed by atoms with E-state index in [0.29, 0.717) is 5.56 Å². The highest BCUT2D eigenvalue weighted by molar-refractivity contribution is 5.90. The van der Waals surface area contributed by atoms with Crippen LogP contribution in [0.15, 0.2) is 24.3 Å². The lowest BCUT2D eigenvalue weighted by Crippen LogP contribution is -2.48. The Bertz CT molecular complexity index is 631. The molecule has 0 aliphatic carbocycles. The van der Waals surface area contributed by atoms with Crippen molar-refractivity contribution in [2.24, 2.45) is 5.73 Å². The molecular weight excluding hydrogens is 320 g/mol. The third-order valence-corrected chi connectivity index (χ3v) is 3.11. The second-order valence-corrected chi connectivity index (χ2v) is 5.08. The van der Waals surface area contributed by atoms with Crippen molar-refractivity contribution in [3.63, 3.8) is 0 Å². The van der Waals surface area contributed by atoms with Crippen LogP contribution in [0.5, 0.6) is 0 Å². The summed E-state index contributed by atoms with van der Waals surface area (Å²) in [5.41, 5.74) is 6.13. The zero-order chi connectivity index (χ0) is 18.3. The molecule has 0 radical (unpaired) electrons. The summed E-state index contributed by atoms with van der Waals surface area (Å²) in [5, 5.41) is 23.9. The number of amides is 2. The van der Waals surface area contributed by atoms with Gasteiger partial charge in [-0.15, -0.1) is 0 Å². The standard InChI is InChI=1S/C14H18N4O6/c1-8(14(21)22)17-13(20)11(15)6-12(19)16-7-9-2-4-10(5-3-9)18(23)24/h2-5,8,11H,6-7,15H2,1H3,(H,16,19)(H,17,20)(H,21,22)/t8?,11-/m1/s1. The summed E-state index contributed by atoms with van der Waals surface area (Å²) in [4.78, 5) is 44.0. The van der Waals surface area contributed by atoms with Crippen LogP contribution < -0.4 is 16.4 Å². The maximum absolute atomic E-state index is 11.7. The van der Waals surface area contributed by atoms with Crippen LogP contribution in [-0.4, -0.2) is 39.9 Å².